The van der Waals surface area contributed by atoms with Crippen molar-refractivity contribution in [2.75, 3.05) is 33.3 Å². The summed E-state index contributed by atoms with van der Waals surface area (Å²) in [6.07, 6.45) is 8.37. The molecule has 2 rings (SSSR count). The van der Waals surface area contributed by atoms with Crippen molar-refractivity contribution in [2.24, 2.45) is 5.92 Å². The molecule has 0 aromatic heterocycles. The maximum Gasteiger partial charge on any atom is 0.0599 e. The summed E-state index contributed by atoms with van der Waals surface area (Å²) in [6, 6.07) is 1.11. The smallest absolute Gasteiger partial charge is 0.0599 e. The minimum absolute atomic E-state index is 0.298. The lowest BCUT2D eigenvalue weighted by Gasteiger charge is -2.33. The Bertz CT molecular complexity index is 239. The van der Waals surface area contributed by atoms with Crippen molar-refractivity contribution < 1.29 is 5.11 Å². The molecule has 2 aliphatic rings. The van der Waals surface area contributed by atoms with Crippen LogP contribution in [0.25, 0.3) is 0 Å². The fourth-order valence-corrected chi connectivity index (χ4v) is 3.70. The van der Waals surface area contributed by atoms with Crippen molar-refractivity contribution in [2.45, 2.75) is 57.5 Å². The normalized spacial score (nSPS) is 34.2. The van der Waals surface area contributed by atoms with Gasteiger partial charge >= 0.3 is 0 Å². The Morgan fingerprint density at radius 2 is 1.67 bits per heavy atom. The van der Waals surface area contributed by atoms with Gasteiger partial charge in [-0.2, -0.15) is 0 Å². The van der Waals surface area contributed by atoms with Crippen molar-refractivity contribution in [3.63, 3.8) is 0 Å². The number of hydrogen-bond donors (Lipinski definition) is 1. The molecule has 1 aliphatic carbocycles. The van der Waals surface area contributed by atoms with Crippen LogP contribution >= 0.6 is 0 Å². The highest BCUT2D eigenvalue weighted by molar-refractivity contribution is 4.85. The first-order chi connectivity index (χ1) is 8.70. The number of rotatable bonds is 2. The Morgan fingerprint density at radius 3 is 2.28 bits per heavy atom. The van der Waals surface area contributed by atoms with Crippen LogP contribution in [0.2, 0.25) is 0 Å². The van der Waals surface area contributed by atoms with Crippen molar-refractivity contribution >= 4 is 0 Å². The average molecular weight is 254 g/mol. The van der Waals surface area contributed by atoms with Crippen LogP contribution in [0.15, 0.2) is 0 Å². The predicted octanol–water partition coefficient (Wildman–Crippen LogP) is 1.95. The topological polar surface area (TPSA) is 26.7 Å². The second kappa shape index (κ2) is 6.88. The lowest BCUT2D eigenvalue weighted by molar-refractivity contribution is 0.109. The molecule has 0 bridgehead atoms. The van der Waals surface area contributed by atoms with Crippen LogP contribution in [0.4, 0.5) is 0 Å². The summed E-state index contributed by atoms with van der Waals surface area (Å²) in [5, 5.41) is 9.58. The number of hydrogen-bond acceptors (Lipinski definition) is 3. The van der Waals surface area contributed by atoms with Crippen LogP contribution in [0.5, 0.6) is 0 Å². The second-order valence-corrected chi connectivity index (χ2v) is 6.48. The van der Waals surface area contributed by atoms with Crippen LogP contribution in [0.3, 0.4) is 0 Å². The zero-order valence-electron chi connectivity index (χ0n) is 12.1. The molecule has 2 atom stereocenters. The highest BCUT2D eigenvalue weighted by Gasteiger charge is 2.29. The van der Waals surface area contributed by atoms with Gasteiger partial charge in [0.15, 0.2) is 0 Å². The molecule has 1 heterocycles. The number of aliphatic hydroxyl groups is 1. The summed E-state index contributed by atoms with van der Waals surface area (Å²) in [5.41, 5.74) is 0. The van der Waals surface area contributed by atoms with Gasteiger partial charge < -0.3 is 5.11 Å². The van der Waals surface area contributed by atoms with E-state index in [4.69, 9.17) is 0 Å². The van der Waals surface area contributed by atoms with Crippen LogP contribution in [0, 0.1) is 5.92 Å². The monoisotopic (exact) mass is 254 g/mol. The standard InChI is InChI=1S/C15H30N2O/c1-13-9-16(2)15(12-18)11-17(10-13)14-7-5-3-4-6-8-14/h13-15,18H,3-12H2,1-2H3. The van der Waals surface area contributed by atoms with Gasteiger partial charge in [0, 0.05) is 31.7 Å². The highest BCUT2D eigenvalue weighted by atomic mass is 16.3. The first kappa shape index (κ1) is 14.3. The summed E-state index contributed by atoms with van der Waals surface area (Å²) in [5.74, 6) is 0.717. The largest absolute Gasteiger partial charge is 0.395 e. The summed E-state index contributed by atoms with van der Waals surface area (Å²) < 4.78 is 0. The quantitative estimate of drug-likeness (QED) is 0.763. The van der Waals surface area contributed by atoms with E-state index in [0.29, 0.717) is 12.6 Å². The minimum atomic E-state index is 0.298. The SMILES string of the molecule is CC1CN(C)C(CO)CN(C2CCCCCC2)C1. The van der Waals surface area contributed by atoms with E-state index in [1.54, 1.807) is 0 Å². The number of nitrogens with zero attached hydrogens (tertiary/aromatic N) is 2. The number of likely N-dealkylation sites (N-methyl/N-ethyl adjacent to an activating group) is 1. The van der Waals surface area contributed by atoms with Gasteiger partial charge in [-0.05, 0) is 25.8 Å². The third-order valence-electron chi connectivity index (χ3n) is 4.77. The molecule has 2 fully saturated rings. The fourth-order valence-electron chi connectivity index (χ4n) is 3.70. The molecule has 1 N–H and O–H groups in total. The van der Waals surface area contributed by atoms with Gasteiger partial charge in [0.05, 0.1) is 6.61 Å². The van der Waals surface area contributed by atoms with E-state index in [0.717, 1.165) is 25.0 Å². The van der Waals surface area contributed by atoms with E-state index in [1.807, 2.05) is 0 Å². The maximum atomic E-state index is 9.58. The number of aliphatic hydroxyl groups excluding tert-OH is 1. The molecule has 106 valence electrons. The van der Waals surface area contributed by atoms with Gasteiger partial charge in [-0.25, -0.2) is 0 Å². The minimum Gasteiger partial charge on any atom is -0.395 e. The third-order valence-corrected chi connectivity index (χ3v) is 4.77. The van der Waals surface area contributed by atoms with E-state index >= 15 is 0 Å². The van der Waals surface area contributed by atoms with Gasteiger partial charge in [0.1, 0.15) is 0 Å². The Balaban J connectivity index is 2.00. The second-order valence-electron chi connectivity index (χ2n) is 6.48. The van der Waals surface area contributed by atoms with Crippen molar-refractivity contribution in [1.82, 2.24) is 9.80 Å². The molecule has 3 heteroatoms. The zero-order valence-corrected chi connectivity index (χ0v) is 12.1. The van der Waals surface area contributed by atoms with Crippen molar-refractivity contribution in [3.05, 3.63) is 0 Å². The van der Waals surface area contributed by atoms with Gasteiger partial charge in [0.25, 0.3) is 0 Å². The van der Waals surface area contributed by atoms with Crippen LogP contribution in [0.1, 0.15) is 45.4 Å². The van der Waals surface area contributed by atoms with Crippen LogP contribution in [-0.2, 0) is 0 Å². The third kappa shape index (κ3) is 3.69. The summed E-state index contributed by atoms with van der Waals surface area (Å²) in [7, 11) is 2.16. The van der Waals surface area contributed by atoms with Gasteiger partial charge in [0.2, 0.25) is 0 Å². The Kier molecular flexibility index (Phi) is 5.46. The molecule has 0 radical (unpaired) electrons. The first-order valence-corrected chi connectivity index (χ1v) is 7.76. The van der Waals surface area contributed by atoms with E-state index in [1.165, 1.54) is 45.1 Å². The van der Waals surface area contributed by atoms with E-state index in [2.05, 4.69) is 23.8 Å². The van der Waals surface area contributed by atoms with Crippen molar-refractivity contribution in [3.8, 4) is 0 Å². The summed E-state index contributed by atoms with van der Waals surface area (Å²) in [4.78, 5) is 5.03. The molecule has 1 aliphatic heterocycles. The van der Waals surface area contributed by atoms with Gasteiger partial charge in [-0.15, -0.1) is 0 Å². The molecule has 0 aromatic carbocycles. The van der Waals surface area contributed by atoms with Crippen molar-refractivity contribution in [1.29, 1.82) is 0 Å². The molecule has 18 heavy (non-hydrogen) atoms. The van der Waals surface area contributed by atoms with E-state index in [9.17, 15) is 5.11 Å². The van der Waals surface area contributed by atoms with Gasteiger partial charge in [-0.3, -0.25) is 9.80 Å². The molecule has 0 amide bonds. The molecular weight excluding hydrogens is 224 g/mol. The molecule has 1 saturated carbocycles. The first-order valence-electron chi connectivity index (χ1n) is 7.76. The predicted molar refractivity (Wildman–Crippen MR) is 75.7 cm³/mol. The lowest BCUT2D eigenvalue weighted by Crippen LogP contribution is -2.45. The Hall–Kier alpha value is -0.120. The average Bonchev–Trinajstić information content (AvgIpc) is 2.68. The molecule has 0 spiro atoms. The Labute approximate surface area is 112 Å². The lowest BCUT2D eigenvalue weighted by atomic mass is 10.0. The molecule has 1 saturated heterocycles. The summed E-state index contributed by atoms with van der Waals surface area (Å²) in [6.45, 7) is 6.04. The molecular formula is C15H30N2O. The highest BCUT2D eigenvalue weighted by Crippen LogP contribution is 2.25. The maximum absolute atomic E-state index is 9.58. The zero-order chi connectivity index (χ0) is 13.0. The molecule has 2 unspecified atom stereocenters. The fraction of sp³-hybridized carbons (Fsp3) is 1.00. The van der Waals surface area contributed by atoms with Crippen LogP contribution < -0.4 is 0 Å². The Morgan fingerprint density at radius 1 is 1.00 bits per heavy atom. The van der Waals surface area contributed by atoms with Crippen LogP contribution in [-0.4, -0.2) is 60.3 Å². The summed E-state index contributed by atoms with van der Waals surface area (Å²) >= 11 is 0. The molecule has 3 nitrogen and oxygen atoms in total. The van der Waals surface area contributed by atoms with E-state index < -0.39 is 0 Å². The van der Waals surface area contributed by atoms with Gasteiger partial charge in [-0.1, -0.05) is 32.6 Å². The van der Waals surface area contributed by atoms with E-state index in [-0.39, 0.29) is 0 Å². The molecule has 0 aromatic rings.